The normalized spacial score (nSPS) is 11.5. The second kappa shape index (κ2) is 10.2. The van der Waals surface area contributed by atoms with Crippen LogP contribution < -0.4 is 27.2 Å². The van der Waals surface area contributed by atoms with Crippen LogP contribution in [0.1, 0.15) is 31.4 Å². The molecule has 24 heavy (non-hydrogen) atoms. The summed E-state index contributed by atoms with van der Waals surface area (Å²) in [4.78, 5) is 0. The first-order valence-corrected chi connectivity index (χ1v) is 7.90. The third-order valence-corrected chi connectivity index (χ3v) is 3.80. The molecule has 0 aliphatic rings. The molecule has 1 N–H and O–H groups in total. The summed E-state index contributed by atoms with van der Waals surface area (Å²) < 4.78 is 24.1. The molecule has 0 saturated carbocycles. The van der Waals surface area contributed by atoms with Gasteiger partial charge in [-0.15, -0.1) is 0 Å². The lowest BCUT2D eigenvalue weighted by atomic mass is 10.1. The van der Waals surface area contributed by atoms with Crippen molar-refractivity contribution in [2.24, 2.45) is 0 Å². The number of nitrogens with one attached hydrogen (secondary N) is 1. The van der Waals surface area contributed by atoms with Crippen LogP contribution in [0.2, 0.25) is 0 Å². The van der Waals surface area contributed by atoms with Crippen LogP contribution in [0.5, 0.6) is 11.5 Å². The summed E-state index contributed by atoms with van der Waals surface area (Å²) in [5.74, 6) is 1.14. The first kappa shape index (κ1) is 20.3. The summed E-state index contributed by atoms with van der Waals surface area (Å²) in [5.41, 5.74) is 2.06. The van der Waals surface area contributed by atoms with E-state index in [0.29, 0.717) is 24.1 Å². The molecule has 0 aliphatic heterocycles. The third-order valence-electron chi connectivity index (χ3n) is 3.80. The molecule has 0 fully saturated rings. The van der Waals surface area contributed by atoms with Gasteiger partial charge in [0.05, 0.1) is 7.11 Å². The Morgan fingerprint density at radius 2 is 1.71 bits per heavy atom. The lowest BCUT2D eigenvalue weighted by molar-refractivity contribution is -0.00000610. The van der Waals surface area contributed by atoms with Crippen LogP contribution in [-0.4, -0.2) is 13.2 Å². The summed E-state index contributed by atoms with van der Waals surface area (Å²) in [6, 6.07) is 12.7. The fraction of sp³-hybridized carbons (Fsp3) is 0.368. The van der Waals surface area contributed by atoms with Gasteiger partial charge in [0.15, 0.2) is 11.5 Å². The van der Waals surface area contributed by atoms with Crippen LogP contribution in [0.3, 0.4) is 0 Å². The topological polar surface area (TPSA) is 30.5 Å². The molecular formula is C19H24ClFNO2-. The SMILES string of the molecule is CCC(C)NCc1ccc(OCc2ccc(F)cc2)c(OC)c1.[Cl-]. The molecule has 0 saturated heterocycles. The Bertz CT molecular complexity index is 619. The van der Waals surface area contributed by atoms with Crippen molar-refractivity contribution in [1.82, 2.24) is 5.32 Å². The first-order chi connectivity index (χ1) is 11.1. The average molecular weight is 353 g/mol. The molecular weight excluding hydrogens is 329 g/mol. The van der Waals surface area contributed by atoms with Gasteiger partial charge in [-0.25, -0.2) is 4.39 Å². The monoisotopic (exact) mass is 352 g/mol. The van der Waals surface area contributed by atoms with Crippen LogP contribution in [-0.2, 0) is 13.2 Å². The quantitative estimate of drug-likeness (QED) is 0.777. The van der Waals surface area contributed by atoms with Gasteiger partial charge in [0, 0.05) is 12.6 Å². The maximum Gasteiger partial charge on any atom is 0.161 e. The Morgan fingerprint density at radius 1 is 1.04 bits per heavy atom. The van der Waals surface area contributed by atoms with Gasteiger partial charge in [-0.1, -0.05) is 25.1 Å². The zero-order valence-electron chi connectivity index (χ0n) is 14.3. The van der Waals surface area contributed by atoms with E-state index in [9.17, 15) is 4.39 Å². The summed E-state index contributed by atoms with van der Waals surface area (Å²) in [7, 11) is 1.63. The Labute approximate surface area is 149 Å². The van der Waals surface area contributed by atoms with Crippen LogP contribution >= 0.6 is 0 Å². The molecule has 0 radical (unpaired) electrons. The smallest absolute Gasteiger partial charge is 0.161 e. The summed E-state index contributed by atoms with van der Waals surface area (Å²) in [6.07, 6.45) is 1.09. The van der Waals surface area contributed by atoms with Gasteiger partial charge in [-0.05, 0) is 48.7 Å². The van der Waals surface area contributed by atoms with Gasteiger partial charge in [-0.2, -0.15) is 0 Å². The molecule has 1 atom stereocenters. The van der Waals surface area contributed by atoms with E-state index in [1.807, 2.05) is 18.2 Å². The van der Waals surface area contributed by atoms with Gasteiger partial charge in [0.1, 0.15) is 12.4 Å². The minimum atomic E-state index is -0.246. The van der Waals surface area contributed by atoms with Crippen LogP contribution in [0.4, 0.5) is 4.39 Å². The van der Waals surface area contributed by atoms with Gasteiger partial charge in [0.2, 0.25) is 0 Å². The van der Waals surface area contributed by atoms with E-state index in [2.05, 4.69) is 19.2 Å². The predicted molar refractivity (Wildman–Crippen MR) is 90.3 cm³/mol. The predicted octanol–water partition coefficient (Wildman–Crippen LogP) is 1.31. The molecule has 0 bridgehead atoms. The third kappa shape index (κ3) is 6.02. The van der Waals surface area contributed by atoms with E-state index in [-0.39, 0.29) is 18.2 Å². The molecule has 1 unspecified atom stereocenters. The Morgan fingerprint density at radius 3 is 2.33 bits per heavy atom. The van der Waals surface area contributed by atoms with E-state index in [4.69, 9.17) is 9.47 Å². The van der Waals surface area contributed by atoms with Gasteiger partial charge in [0.25, 0.3) is 0 Å². The van der Waals surface area contributed by atoms with E-state index in [0.717, 1.165) is 24.1 Å². The van der Waals surface area contributed by atoms with E-state index in [1.165, 1.54) is 12.1 Å². The van der Waals surface area contributed by atoms with Crippen molar-refractivity contribution in [3.63, 3.8) is 0 Å². The highest BCUT2D eigenvalue weighted by Crippen LogP contribution is 2.29. The molecule has 2 aromatic carbocycles. The van der Waals surface area contributed by atoms with Crippen LogP contribution in [0.15, 0.2) is 42.5 Å². The molecule has 0 heterocycles. The Kier molecular flexibility index (Phi) is 8.58. The summed E-state index contributed by atoms with van der Waals surface area (Å²) in [5, 5.41) is 3.45. The highest BCUT2D eigenvalue weighted by atomic mass is 35.5. The number of halogens is 2. The minimum absolute atomic E-state index is 0. The standard InChI is InChI=1S/C19H24FNO2.ClH/c1-4-14(2)21-12-16-7-10-18(19(11-16)22-3)23-13-15-5-8-17(20)9-6-15;/h5-11,14,21H,4,12-13H2,1-3H3;1H/p-1. The molecule has 0 spiro atoms. The summed E-state index contributed by atoms with van der Waals surface area (Å²) >= 11 is 0. The fourth-order valence-electron chi connectivity index (χ4n) is 2.12. The van der Waals surface area contributed by atoms with E-state index in [1.54, 1.807) is 19.2 Å². The van der Waals surface area contributed by atoms with Crippen molar-refractivity contribution in [3.8, 4) is 11.5 Å². The van der Waals surface area contributed by atoms with Crippen molar-refractivity contribution < 1.29 is 26.3 Å². The zero-order chi connectivity index (χ0) is 16.7. The summed E-state index contributed by atoms with van der Waals surface area (Å²) in [6.45, 7) is 5.49. The lowest BCUT2D eigenvalue weighted by Crippen LogP contribution is -3.00. The molecule has 2 aromatic rings. The molecule has 2 rings (SSSR count). The number of ether oxygens (including phenoxy) is 2. The molecule has 0 amide bonds. The Balaban J connectivity index is 0.00000288. The van der Waals surface area contributed by atoms with Crippen molar-refractivity contribution >= 4 is 0 Å². The van der Waals surface area contributed by atoms with Crippen molar-refractivity contribution in [1.29, 1.82) is 0 Å². The molecule has 0 aromatic heterocycles. The van der Waals surface area contributed by atoms with Crippen molar-refractivity contribution in [2.75, 3.05) is 7.11 Å². The van der Waals surface area contributed by atoms with Crippen LogP contribution in [0, 0.1) is 5.82 Å². The molecule has 5 heteroatoms. The van der Waals surface area contributed by atoms with E-state index < -0.39 is 0 Å². The first-order valence-electron chi connectivity index (χ1n) is 7.90. The number of benzene rings is 2. The van der Waals surface area contributed by atoms with Gasteiger partial charge < -0.3 is 27.2 Å². The number of hydrogen-bond acceptors (Lipinski definition) is 3. The lowest BCUT2D eigenvalue weighted by Gasteiger charge is -2.14. The highest BCUT2D eigenvalue weighted by molar-refractivity contribution is 5.43. The maximum absolute atomic E-state index is 12.9. The van der Waals surface area contributed by atoms with Crippen LogP contribution in [0.25, 0.3) is 0 Å². The largest absolute Gasteiger partial charge is 1.00 e. The highest BCUT2D eigenvalue weighted by Gasteiger charge is 2.07. The minimum Gasteiger partial charge on any atom is -1.00 e. The second-order valence-electron chi connectivity index (χ2n) is 5.59. The molecule has 0 aliphatic carbocycles. The van der Waals surface area contributed by atoms with Gasteiger partial charge >= 0.3 is 0 Å². The average Bonchev–Trinajstić information content (AvgIpc) is 2.59. The zero-order valence-corrected chi connectivity index (χ0v) is 15.1. The van der Waals surface area contributed by atoms with E-state index >= 15 is 0 Å². The Hall–Kier alpha value is -1.78. The molecule has 132 valence electrons. The van der Waals surface area contributed by atoms with Crippen molar-refractivity contribution in [2.45, 2.75) is 39.5 Å². The second-order valence-corrected chi connectivity index (χ2v) is 5.59. The fourth-order valence-corrected chi connectivity index (χ4v) is 2.12. The number of methoxy groups -OCH3 is 1. The van der Waals surface area contributed by atoms with Gasteiger partial charge in [-0.3, -0.25) is 0 Å². The number of hydrogen-bond donors (Lipinski definition) is 1. The molecule has 3 nitrogen and oxygen atoms in total. The number of rotatable bonds is 8. The maximum atomic E-state index is 12.9. The van der Waals surface area contributed by atoms with Crippen molar-refractivity contribution in [3.05, 3.63) is 59.4 Å².